The van der Waals surface area contributed by atoms with Crippen LogP contribution in [-0.2, 0) is 13.0 Å². The number of hydrogen-bond donors (Lipinski definition) is 0. The lowest BCUT2D eigenvalue weighted by molar-refractivity contribution is 0.691. The molecule has 19 heavy (non-hydrogen) atoms. The zero-order chi connectivity index (χ0) is 13.2. The molecule has 98 valence electrons. The SMILES string of the molecule is Clc1cccc(Cl)c1CN1CCCc2ccccc21. The van der Waals surface area contributed by atoms with Gasteiger partial charge in [0, 0.05) is 34.4 Å². The van der Waals surface area contributed by atoms with Gasteiger partial charge in [-0.05, 0) is 36.6 Å². The maximum absolute atomic E-state index is 6.26. The average Bonchev–Trinajstić information content (AvgIpc) is 2.43. The minimum absolute atomic E-state index is 0.746. The van der Waals surface area contributed by atoms with Crippen molar-refractivity contribution < 1.29 is 0 Å². The van der Waals surface area contributed by atoms with Gasteiger partial charge in [0.1, 0.15) is 0 Å². The number of hydrogen-bond acceptors (Lipinski definition) is 1. The molecule has 0 unspecified atom stereocenters. The van der Waals surface area contributed by atoms with Crippen molar-refractivity contribution in [2.24, 2.45) is 0 Å². The van der Waals surface area contributed by atoms with E-state index in [1.54, 1.807) is 0 Å². The van der Waals surface area contributed by atoms with Crippen LogP contribution in [0.2, 0.25) is 10.0 Å². The molecular weight excluding hydrogens is 277 g/mol. The van der Waals surface area contributed by atoms with Crippen molar-refractivity contribution in [3.63, 3.8) is 0 Å². The van der Waals surface area contributed by atoms with Crippen LogP contribution in [0.1, 0.15) is 17.5 Å². The molecule has 1 nitrogen and oxygen atoms in total. The lowest BCUT2D eigenvalue weighted by Gasteiger charge is -2.31. The second-order valence-corrected chi connectivity index (χ2v) is 5.67. The van der Waals surface area contributed by atoms with Crippen LogP contribution in [0.25, 0.3) is 0 Å². The van der Waals surface area contributed by atoms with E-state index in [0.29, 0.717) is 0 Å². The Morgan fingerprint density at radius 3 is 2.47 bits per heavy atom. The van der Waals surface area contributed by atoms with E-state index in [0.717, 1.165) is 35.1 Å². The quantitative estimate of drug-likeness (QED) is 0.757. The molecule has 0 atom stereocenters. The van der Waals surface area contributed by atoms with Gasteiger partial charge in [0.25, 0.3) is 0 Å². The molecule has 0 amide bonds. The van der Waals surface area contributed by atoms with Gasteiger partial charge in [-0.1, -0.05) is 47.5 Å². The van der Waals surface area contributed by atoms with Gasteiger partial charge in [-0.25, -0.2) is 0 Å². The summed E-state index contributed by atoms with van der Waals surface area (Å²) in [4.78, 5) is 2.37. The van der Waals surface area contributed by atoms with E-state index in [1.165, 1.54) is 17.7 Å². The Kier molecular flexibility index (Phi) is 3.67. The van der Waals surface area contributed by atoms with Crippen molar-refractivity contribution in [2.75, 3.05) is 11.4 Å². The van der Waals surface area contributed by atoms with Crippen LogP contribution >= 0.6 is 23.2 Å². The van der Waals surface area contributed by atoms with Crippen LogP contribution in [0.3, 0.4) is 0 Å². The number of benzene rings is 2. The summed E-state index contributed by atoms with van der Waals surface area (Å²) < 4.78 is 0. The summed E-state index contributed by atoms with van der Waals surface area (Å²) in [5.41, 5.74) is 3.74. The fraction of sp³-hybridized carbons (Fsp3) is 0.250. The van der Waals surface area contributed by atoms with Crippen molar-refractivity contribution in [3.05, 3.63) is 63.6 Å². The third-order valence-corrected chi connectivity index (χ3v) is 4.33. The molecule has 3 heteroatoms. The minimum atomic E-state index is 0.746. The van der Waals surface area contributed by atoms with Gasteiger partial charge in [0.05, 0.1) is 0 Å². The molecule has 1 heterocycles. The van der Waals surface area contributed by atoms with E-state index >= 15 is 0 Å². The van der Waals surface area contributed by atoms with Crippen molar-refractivity contribution in [1.82, 2.24) is 0 Å². The van der Waals surface area contributed by atoms with Crippen molar-refractivity contribution in [2.45, 2.75) is 19.4 Å². The number of halogens is 2. The standard InChI is InChI=1S/C16H15Cl2N/c17-14-7-3-8-15(18)13(14)11-19-10-4-6-12-5-1-2-9-16(12)19/h1-3,5,7-9H,4,6,10-11H2. The summed E-state index contributed by atoms with van der Waals surface area (Å²) in [6, 6.07) is 14.3. The normalized spacial score (nSPS) is 14.3. The molecule has 0 saturated carbocycles. The molecule has 1 aliphatic heterocycles. The molecule has 0 fully saturated rings. The highest BCUT2D eigenvalue weighted by Crippen LogP contribution is 2.31. The van der Waals surface area contributed by atoms with Gasteiger partial charge in [-0.3, -0.25) is 0 Å². The third kappa shape index (κ3) is 2.58. The molecule has 0 spiro atoms. The van der Waals surface area contributed by atoms with Gasteiger partial charge in [-0.2, -0.15) is 0 Å². The highest BCUT2D eigenvalue weighted by Gasteiger charge is 2.18. The Labute approximate surface area is 123 Å². The minimum Gasteiger partial charge on any atom is -0.367 e. The first kappa shape index (κ1) is 12.8. The van der Waals surface area contributed by atoms with Gasteiger partial charge >= 0.3 is 0 Å². The smallest absolute Gasteiger partial charge is 0.0470 e. The van der Waals surface area contributed by atoms with E-state index in [2.05, 4.69) is 29.2 Å². The molecule has 3 rings (SSSR count). The van der Waals surface area contributed by atoms with E-state index in [1.807, 2.05) is 18.2 Å². The first-order valence-electron chi connectivity index (χ1n) is 6.51. The molecule has 0 radical (unpaired) electrons. The molecule has 0 bridgehead atoms. The maximum Gasteiger partial charge on any atom is 0.0470 e. The average molecular weight is 292 g/mol. The number of rotatable bonds is 2. The summed E-state index contributed by atoms with van der Waals surface area (Å²) in [5, 5.41) is 1.49. The largest absolute Gasteiger partial charge is 0.367 e. The van der Waals surface area contributed by atoms with Crippen molar-refractivity contribution >= 4 is 28.9 Å². The summed E-state index contributed by atoms with van der Waals surface area (Å²) in [7, 11) is 0. The van der Waals surface area contributed by atoms with Crippen LogP contribution in [-0.4, -0.2) is 6.54 Å². The van der Waals surface area contributed by atoms with E-state index in [9.17, 15) is 0 Å². The Morgan fingerprint density at radius 1 is 0.947 bits per heavy atom. The van der Waals surface area contributed by atoms with Gasteiger partial charge in [-0.15, -0.1) is 0 Å². The lowest BCUT2D eigenvalue weighted by Crippen LogP contribution is -2.28. The van der Waals surface area contributed by atoms with Crippen LogP contribution in [0.4, 0.5) is 5.69 Å². The molecule has 2 aromatic carbocycles. The summed E-state index contributed by atoms with van der Waals surface area (Å²) in [6.07, 6.45) is 2.34. The molecule has 0 aromatic heterocycles. The second-order valence-electron chi connectivity index (χ2n) is 4.85. The Balaban J connectivity index is 1.93. The first-order valence-corrected chi connectivity index (χ1v) is 7.27. The van der Waals surface area contributed by atoms with Crippen molar-refractivity contribution in [3.8, 4) is 0 Å². The van der Waals surface area contributed by atoms with Gasteiger partial charge < -0.3 is 4.90 Å². The number of fused-ring (bicyclic) bond motifs is 1. The topological polar surface area (TPSA) is 3.24 Å². The van der Waals surface area contributed by atoms with Crippen molar-refractivity contribution in [1.29, 1.82) is 0 Å². The second kappa shape index (κ2) is 5.44. The van der Waals surface area contributed by atoms with E-state index in [4.69, 9.17) is 23.2 Å². The van der Waals surface area contributed by atoms with Gasteiger partial charge in [0.2, 0.25) is 0 Å². The summed E-state index contributed by atoms with van der Waals surface area (Å²) in [6.45, 7) is 1.83. The fourth-order valence-electron chi connectivity index (χ4n) is 2.65. The molecular formula is C16H15Cl2N. The summed E-state index contributed by atoms with van der Waals surface area (Å²) >= 11 is 12.5. The molecule has 0 N–H and O–H groups in total. The Hall–Kier alpha value is -1.18. The zero-order valence-corrected chi connectivity index (χ0v) is 12.1. The predicted octanol–water partition coefficient (Wildman–Crippen LogP) is 4.95. The van der Waals surface area contributed by atoms with Crippen LogP contribution in [0, 0.1) is 0 Å². The van der Waals surface area contributed by atoms with E-state index < -0.39 is 0 Å². The highest BCUT2D eigenvalue weighted by molar-refractivity contribution is 6.36. The number of aryl methyl sites for hydroxylation is 1. The lowest BCUT2D eigenvalue weighted by atomic mass is 10.0. The van der Waals surface area contributed by atoms with Crippen LogP contribution in [0.5, 0.6) is 0 Å². The Bertz CT molecular complexity index is 575. The Morgan fingerprint density at radius 2 is 1.68 bits per heavy atom. The molecule has 0 aliphatic carbocycles. The van der Waals surface area contributed by atoms with E-state index in [-0.39, 0.29) is 0 Å². The summed E-state index contributed by atoms with van der Waals surface area (Å²) in [5.74, 6) is 0. The zero-order valence-electron chi connectivity index (χ0n) is 10.6. The fourth-order valence-corrected chi connectivity index (χ4v) is 3.17. The maximum atomic E-state index is 6.26. The molecule has 2 aromatic rings. The number of para-hydroxylation sites is 1. The predicted molar refractivity (Wildman–Crippen MR) is 82.3 cm³/mol. The molecule has 1 aliphatic rings. The number of nitrogens with zero attached hydrogens (tertiary/aromatic N) is 1. The molecule has 0 saturated heterocycles. The number of anilines is 1. The first-order chi connectivity index (χ1) is 9.25. The van der Waals surface area contributed by atoms with Gasteiger partial charge in [0.15, 0.2) is 0 Å². The monoisotopic (exact) mass is 291 g/mol. The third-order valence-electron chi connectivity index (χ3n) is 3.62. The van der Waals surface area contributed by atoms with Crippen LogP contribution < -0.4 is 4.90 Å². The van der Waals surface area contributed by atoms with Crippen LogP contribution in [0.15, 0.2) is 42.5 Å². The highest BCUT2D eigenvalue weighted by atomic mass is 35.5.